The Morgan fingerprint density at radius 1 is 1.50 bits per heavy atom. The summed E-state index contributed by atoms with van der Waals surface area (Å²) >= 11 is 3.48. The number of carbonyl (C=O) groups excluding carboxylic acids is 2. The van der Waals surface area contributed by atoms with E-state index in [0.29, 0.717) is 19.7 Å². The van der Waals surface area contributed by atoms with Crippen LogP contribution in [0, 0.1) is 12.8 Å². The van der Waals surface area contributed by atoms with E-state index in [9.17, 15) is 9.59 Å². The van der Waals surface area contributed by atoms with Crippen LogP contribution in [0.5, 0.6) is 0 Å². The van der Waals surface area contributed by atoms with E-state index in [0.717, 1.165) is 22.1 Å². The van der Waals surface area contributed by atoms with Crippen molar-refractivity contribution in [2.45, 2.75) is 19.8 Å². The van der Waals surface area contributed by atoms with Gasteiger partial charge in [-0.1, -0.05) is 22.0 Å². The van der Waals surface area contributed by atoms with Crippen LogP contribution in [0.2, 0.25) is 0 Å². The van der Waals surface area contributed by atoms with Gasteiger partial charge in [0.1, 0.15) is 0 Å². The number of anilines is 1. The maximum atomic E-state index is 12.2. The molecule has 0 aliphatic carbocycles. The zero-order valence-corrected chi connectivity index (χ0v) is 14.5. The second-order valence-electron chi connectivity index (χ2n) is 5.48. The minimum Gasteiger partial charge on any atom is -0.385 e. The Balaban J connectivity index is 1.95. The maximum Gasteiger partial charge on any atom is 0.227 e. The summed E-state index contributed by atoms with van der Waals surface area (Å²) in [6.07, 6.45) is 1.04. The lowest BCUT2D eigenvalue weighted by Gasteiger charge is -2.17. The molecule has 0 saturated carbocycles. The number of nitrogens with one attached hydrogen (secondary N) is 1. The smallest absolute Gasteiger partial charge is 0.227 e. The first kappa shape index (κ1) is 17.0. The summed E-state index contributed by atoms with van der Waals surface area (Å²) in [5, 5.41) is 2.87. The molecule has 1 fully saturated rings. The third-order valence-electron chi connectivity index (χ3n) is 3.79. The molecule has 1 N–H and O–H groups in total. The van der Waals surface area contributed by atoms with Crippen molar-refractivity contribution in [3.63, 3.8) is 0 Å². The van der Waals surface area contributed by atoms with Crippen LogP contribution in [-0.4, -0.2) is 38.6 Å². The molecule has 1 aliphatic heterocycles. The quantitative estimate of drug-likeness (QED) is 0.783. The summed E-state index contributed by atoms with van der Waals surface area (Å²) < 4.78 is 5.91. The van der Waals surface area contributed by atoms with Crippen molar-refractivity contribution in [3.8, 4) is 0 Å². The highest BCUT2D eigenvalue weighted by atomic mass is 79.9. The Labute approximate surface area is 139 Å². The average Bonchev–Trinajstić information content (AvgIpc) is 2.88. The van der Waals surface area contributed by atoms with Gasteiger partial charge in [-0.2, -0.15) is 0 Å². The van der Waals surface area contributed by atoms with Crippen LogP contribution in [0.15, 0.2) is 22.7 Å². The number of nitrogens with zero attached hydrogens (tertiary/aromatic N) is 1. The lowest BCUT2D eigenvalue weighted by atomic mass is 10.1. The van der Waals surface area contributed by atoms with Crippen LogP contribution >= 0.6 is 15.9 Å². The molecule has 1 saturated heterocycles. The minimum absolute atomic E-state index is 0.00667. The Bertz CT molecular complexity index is 562. The van der Waals surface area contributed by atoms with Gasteiger partial charge in [0.05, 0.1) is 5.92 Å². The van der Waals surface area contributed by atoms with Crippen molar-refractivity contribution in [3.05, 3.63) is 28.2 Å². The van der Waals surface area contributed by atoms with Crippen molar-refractivity contribution in [1.29, 1.82) is 0 Å². The number of benzene rings is 1. The van der Waals surface area contributed by atoms with Gasteiger partial charge in [-0.15, -0.1) is 0 Å². The first-order valence-electron chi connectivity index (χ1n) is 7.36. The number of amides is 2. The van der Waals surface area contributed by atoms with E-state index in [4.69, 9.17) is 4.74 Å². The zero-order valence-electron chi connectivity index (χ0n) is 12.9. The average molecular weight is 369 g/mol. The fraction of sp³-hybridized carbons (Fsp3) is 0.500. The maximum absolute atomic E-state index is 12.2. The largest absolute Gasteiger partial charge is 0.385 e. The number of hydrogen-bond donors (Lipinski definition) is 1. The lowest BCUT2D eigenvalue weighted by Crippen LogP contribution is -2.33. The molecule has 1 aromatic carbocycles. The third-order valence-corrected chi connectivity index (χ3v) is 4.64. The first-order valence-corrected chi connectivity index (χ1v) is 8.15. The predicted molar refractivity (Wildman–Crippen MR) is 88.8 cm³/mol. The van der Waals surface area contributed by atoms with E-state index < -0.39 is 0 Å². The summed E-state index contributed by atoms with van der Waals surface area (Å²) in [4.78, 5) is 26.0. The summed E-state index contributed by atoms with van der Waals surface area (Å²) in [5.74, 6) is -0.346. The van der Waals surface area contributed by atoms with Gasteiger partial charge in [0.15, 0.2) is 0 Å². The van der Waals surface area contributed by atoms with Gasteiger partial charge in [0.25, 0.3) is 0 Å². The van der Waals surface area contributed by atoms with E-state index >= 15 is 0 Å². The Hall–Kier alpha value is -1.40. The predicted octanol–water partition coefficient (Wildman–Crippen LogP) is 2.26. The highest BCUT2D eigenvalue weighted by Gasteiger charge is 2.35. The molecule has 1 unspecified atom stereocenters. The van der Waals surface area contributed by atoms with Crippen LogP contribution in [0.4, 0.5) is 5.69 Å². The number of ether oxygens (including phenoxy) is 1. The van der Waals surface area contributed by atoms with Crippen LogP contribution in [0.1, 0.15) is 18.4 Å². The molecule has 22 heavy (non-hydrogen) atoms. The monoisotopic (exact) mass is 368 g/mol. The van der Waals surface area contributed by atoms with E-state index in [1.54, 1.807) is 12.0 Å². The molecule has 5 nitrogen and oxygen atoms in total. The number of halogens is 1. The number of methoxy groups -OCH3 is 1. The van der Waals surface area contributed by atoms with Gasteiger partial charge in [0, 0.05) is 43.4 Å². The van der Waals surface area contributed by atoms with Crippen LogP contribution < -0.4 is 10.2 Å². The Kier molecular flexibility index (Phi) is 5.97. The standard InChI is InChI=1S/C16H21BrN2O3/c1-11-4-5-13(9-14(11)17)19-10-12(8-15(19)20)16(21)18-6-3-7-22-2/h4-5,9,12H,3,6-8,10H2,1-2H3,(H,18,21). The van der Waals surface area contributed by atoms with Crippen molar-refractivity contribution in [2.75, 3.05) is 31.7 Å². The molecule has 1 atom stereocenters. The van der Waals surface area contributed by atoms with Crippen molar-refractivity contribution >= 4 is 33.4 Å². The normalized spacial score (nSPS) is 17.9. The van der Waals surface area contributed by atoms with E-state index in [-0.39, 0.29) is 24.2 Å². The fourth-order valence-electron chi connectivity index (χ4n) is 2.45. The molecule has 2 rings (SSSR count). The minimum atomic E-state index is -0.282. The van der Waals surface area contributed by atoms with Crippen molar-refractivity contribution in [2.24, 2.45) is 5.92 Å². The molecule has 0 aromatic heterocycles. The SMILES string of the molecule is COCCCNC(=O)C1CC(=O)N(c2ccc(C)c(Br)c2)C1. The zero-order chi connectivity index (χ0) is 16.1. The summed E-state index contributed by atoms with van der Waals surface area (Å²) in [6, 6.07) is 5.80. The number of rotatable bonds is 6. The van der Waals surface area contributed by atoms with Gasteiger partial charge in [-0.25, -0.2) is 0 Å². The Morgan fingerprint density at radius 3 is 2.95 bits per heavy atom. The topological polar surface area (TPSA) is 58.6 Å². The molecule has 0 radical (unpaired) electrons. The van der Waals surface area contributed by atoms with Crippen molar-refractivity contribution in [1.82, 2.24) is 5.32 Å². The van der Waals surface area contributed by atoms with Crippen LogP contribution in [0.25, 0.3) is 0 Å². The molecule has 1 aromatic rings. The summed E-state index contributed by atoms with van der Waals surface area (Å²) in [7, 11) is 1.63. The van der Waals surface area contributed by atoms with E-state index in [1.165, 1.54) is 0 Å². The summed E-state index contributed by atoms with van der Waals surface area (Å²) in [6.45, 7) is 3.63. The van der Waals surface area contributed by atoms with E-state index in [1.807, 2.05) is 25.1 Å². The van der Waals surface area contributed by atoms with Crippen molar-refractivity contribution < 1.29 is 14.3 Å². The number of aryl methyl sites for hydroxylation is 1. The number of hydrogen-bond acceptors (Lipinski definition) is 3. The molecule has 0 spiro atoms. The second kappa shape index (κ2) is 7.74. The van der Waals surface area contributed by atoms with Gasteiger partial charge < -0.3 is 15.0 Å². The highest BCUT2D eigenvalue weighted by Crippen LogP contribution is 2.29. The third kappa shape index (κ3) is 4.08. The van der Waals surface area contributed by atoms with E-state index in [2.05, 4.69) is 21.2 Å². The molecule has 2 amide bonds. The first-order chi connectivity index (χ1) is 10.5. The van der Waals surface area contributed by atoms with Gasteiger partial charge in [-0.05, 0) is 31.0 Å². The van der Waals surface area contributed by atoms with Gasteiger partial charge in [0.2, 0.25) is 11.8 Å². The number of carbonyl (C=O) groups is 2. The van der Waals surface area contributed by atoms with Gasteiger partial charge in [-0.3, -0.25) is 9.59 Å². The molecule has 6 heteroatoms. The van der Waals surface area contributed by atoms with Crippen LogP contribution in [-0.2, 0) is 14.3 Å². The molecule has 1 heterocycles. The fourth-order valence-corrected chi connectivity index (χ4v) is 2.82. The summed E-state index contributed by atoms with van der Waals surface area (Å²) in [5.41, 5.74) is 1.94. The molecular weight excluding hydrogens is 348 g/mol. The molecule has 0 bridgehead atoms. The van der Waals surface area contributed by atoms with Crippen LogP contribution in [0.3, 0.4) is 0 Å². The lowest BCUT2D eigenvalue weighted by molar-refractivity contribution is -0.126. The second-order valence-corrected chi connectivity index (χ2v) is 6.33. The van der Waals surface area contributed by atoms with Gasteiger partial charge >= 0.3 is 0 Å². The molecule has 1 aliphatic rings. The Morgan fingerprint density at radius 2 is 2.27 bits per heavy atom. The molecular formula is C16H21BrN2O3. The molecule has 120 valence electrons. The highest BCUT2D eigenvalue weighted by molar-refractivity contribution is 9.10.